The fourth-order valence-electron chi connectivity index (χ4n) is 3.12. The summed E-state index contributed by atoms with van der Waals surface area (Å²) in [4.78, 5) is 19.7. The molecule has 1 aliphatic heterocycles. The molecule has 25 heavy (non-hydrogen) atoms. The first kappa shape index (κ1) is 17.2. The topological polar surface area (TPSA) is 57.7 Å². The predicted octanol–water partition coefficient (Wildman–Crippen LogP) is 1.63. The number of hydrogen-bond donors (Lipinski definition) is 1. The van der Waals surface area contributed by atoms with Crippen LogP contribution in [0.15, 0.2) is 42.6 Å². The van der Waals surface area contributed by atoms with E-state index in [0.29, 0.717) is 6.54 Å². The minimum Gasteiger partial charge on any atom is -0.497 e. The molecule has 0 saturated carbocycles. The monoisotopic (exact) mass is 340 g/mol. The second kappa shape index (κ2) is 8.48. The number of ether oxygens (including phenoxy) is 1. The number of nitrogens with one attached hydrogen (secondary N) is 1. The SMILES string of the molecule is COc1ccc(-c2ncccc2N2CCN(CCNC=O)CC2)cc1. The van der Waals surface area contributed by atoms with Crippen molar-refractivity contribution in [3.8, 4) is 17.0 Å². The molecule has 0 bridgehead atoms. The van der Waals surface area contributed by atoms with Crippen molar-refractivity contribution in [3.05, 3.63) is 42.6 Å². The number of aromatic nitrogens is 1. The van der Waals surface area contributed by atoms with Crippen molar-refractivity contribution in [2.75, 3.05) is 51.3 Å². The number of hydrogen-bond acceptors (Lipinski definition) is 5. The lowest BCUT2D eigenvalue weighted by molar-refractivity contribution is -0.109. The van der Waals surface area contributed by atoms with Gasteiger partial charge < -0.3 is 15.0 Å². The van der Waals surface area contributed by atoms with Crippen LogP contribution in [-0.2, 0) is 4.79 Å². The molecule has 6 nitrogen and oxygen atoms in total. The van der Waals surface area contributed by atoms with Crippen molar-refractivity contribution in [2.24, 2.45) is 0 Å². The quantitative estimate of drug-likeness (QED) is 0.613. The first-order valence-electron chi connectivity index (χ1n) is 8.55. The van der Waals surface area contributed by atoms with Gasteiger partial charge in [-0.05, 0) is 36.4 Å². The van der Waals surface area contributed by atoms with Crippen molar-refractivity contribution >= 4 is 12.1 Å². The molecule has 6 heteroatoms. The summed E-state index contributed by atoms with van der Waals surface area (Å²) in [7, 11) is 1.67. The highest BCUT2D eigenvalue weighted by molar-refractivity contribution is 5.75. The van der Waals surface area contributed by atoms with E-state index in [1.165, 1.54) is 5.69 Å². The molecule has 2 heterocycles. The third kappa shape index (κ3) is 4.28. The van der Waals surface area contributed by atoms with Gasteiger partial charge in [-0.25, -0.2) is 0 Å². The zero-order valence-electron chi connectivity index (χ0n) is 14.5. The van der Waals surface area contributed by atoms with Crippen molar-refractivity contribution < 1.29 is 9.53 Å². The van der Waals surface area contributed by atoms with Crippen LogP contribution in [0, 0.1) is 0 Å². The van der Waals surface area contributed by atoms with E-state index >= 15 is 0 Å². The Balaban J connectivity index is 1.70. The third-order valence-electron chi connectivity index (χ3n) is 4.52. The molecule has 1 aromatic heterocycles. The molecular formula is C19H24N4O2. The maximum atomic E-state index is 10.3. The van der Waals surface area contributed by atoms with E-state index in [0.717, 1.165) is 56.1 Å². The number of piperazine rings is 1. The molecule has 2 aromatic rings. The Hall–Kier alpha value is -2.60. The average molecular weight is 340 g/mol. The van der Waals surface area contributed by atoms with Gasteiger partial charge in [0.25, 0.3) is 0 Å². The molecular weight excluding hydrogens is 316 g/mol. The second-order valence-electron chi connectivity index (χ2n) is 6.00. The first-order chi connectivity index (χ1) is 12.3. The lowest BCUT2D eigenvalue weighted by Crippen LogP contribution is -2.48. The number of amides is 1. The summed E-state index contributed by atoms with van der Waals surface area (Å²) >= 11 is 0. The van der Waals surface area contributed by atoms with Crippen LogP contribution in [0.4, 0.5) is 5.69 Å². The molecule has 1 aromatic carbocycles. The van der Waals surface area contributed by atoms with Crippen LogP contribution in [0.5, 0.6) is 5.75 Å². The minimum absolute atomic E-state index is 0.702. The summed E-state index contributed by atoms with van der Waals surface area (Å²) in [6, 6.07) is 12.1. The zero-order valence-corrected chi connectivity index (χ0v) is 14.5. The number of anilines is 1. The largest absolute Gasteiger partial charge is 0.497 e. The standard InChI is InChI=1S/C19H24N4O2/c1-25-17-6-4-16(5-7-17)19-18(3-2-8-21-19)23-13-11-22(12-14-23)10-9-20-15-24/h2-8,15H,9-14H2,1H3,(H,20,24). The van der Waals surface area contributed by atoms with Gasteiger partial charge in [-0.3, -0.25) is 14.7 Å². The number of rotatable bonds is 7. The highest BCUT2D eigenvalue weighted by Crippen LogP contribution is 2.30. The molecule has 0 aliphatic carbocycles. The van der Waals surface area contributed by atoms with Gasteiger partial charge in [0.15, 0.2) is 0 Å². The van der Waals surface area contributed by atoms with Crippen LogP contribution >= 0.6 is 0 Å². The summed E-state index contributed by atoms with van der Waals surface area (Å²) in [6.07, 6.45) is 2.59. The molecule has 3 rings (SSSR count). The highest BCUT2D eigenvalue weighted by atomic mass is 16.5. The molecule has 1 aliphatic rings. The number of nitrogens with zero attached hydrogens (tertiary/aromatic N) is 3. The molecule has 0 radical (unpaired) electrons. The molecule has 132 valence electrons. The predicted molar refractivity (Wildman–Crippen MR) is 98.9 cm³/mol. The normalized spacial score (nSPS) is 15.0. The van der Waals surface area contributed by atoms with Gasteiger partial charge in [-0.2, -0.15) is 0 Å². The summed E-state index contributed by atoms with van der Waals surface area (Å²) in [5.74, 6) is 0.846. The number of methoxy groups -OCH3 is 1. The minimum atomic E-state index is 0.702. The van der Waals surface area contributed by atoms with E-state index in [4.69, 9.17) is 4.74 Å². The Labute approximate surface area is 148 Å². The molecule has 1 fully saturated rings. The molecule has 0 atom stereocenters. The van der Waals surface area contributed by atoms with E-state index in [2.05, 4.69) is 26.2 Å². The zero-order chi connectivity index (χ0) is 17.5. The lowest BCUT2D eigenvalue weighted by Gasteiger charge is -2.36. The van der Waals surface area contributed by atoms with E-state index in [-0.39, 0.29) is 0 Å². The molecule has 0 spiro atoms. The van der Waals surface area contributed by atoms with E-state index in [9.17, 15) is 4.79 Å². The van der Waals surface area contributed by atoms with Gasteiger partial charge in [-0.1, -0.05) is 0 Å². The summed E-state index contributed by atoms with van der Waals surface area (Å²) in [5.41, 5.74) is 3.26. The number of carbonyl (C=O) groups is 1. The molecule has 0 unspecified atom stereocenters. The van der Waals surface area contributed by atoms with Gasteiger partial charge in [0, 0.05) is 51.0 Å². The van der Waals surface area contributed by atoms with E-state index < -0.39 is 0 Å². The van der Waals surface area contributed by atoms with Gasteiger partial charge >= 0.3 is 0 Å². The van der Waals surface area contributed by atoms with Gasteiger partial charge in [0.2, 0.25) is 6.41 Å². The summed E-state index contributed by atoms with van der Waals surface area (Å²) in [5, 5.41) is 2.72. The van der Waals surface area contributed by atoms with Crippen molar-refractivity contribution in [2.45, 2.75) is 0 Å². The second-order valence-corrected chi connectivity index (χ2v) is 6.00. The van der Waals surface area contributed by atoms with Crippen LogP contribution in [0.3, 0.4) is 0 Å². The fraction of sp³-hybridized carbons (Fsp3) is 0.368. The van der Waals surface area contributed by atoms with Crippen LogP contribution in [-0.4, -0.2) is 62.7 Å². The van der Waals surface area contributed by atoms with Crippen molar-refractivity contribution in [1.82, 2.24) is 15.2 Å². The van der Waals surface area contributed by atoms with Crippen LogP contribution in [0.1, 0.15) is 0 Å². The lowest BCUT2D eigenvalue weighted by atomic mass is 10.1. The number of pyridine rings is 1. The van der Waals surface area contributed by atoms with Gasteiger partial charge in [-0.15, -0.1) is 0 Å². The molecule has 1 N–H and O–H groups in total. The van der Waals surface area contributed by atoms with Crippen LogP contribution in [0.25, 0.3) is 11.3 Å². The van der Waals surface area contributed by atoms with Crippen molar-refractivity contribution in [3.63, 3.8) is 0 Å². The molecule has 1 amide bonds. The number of carbonyl (C=O) groups excluding carboxylic acids is 1. The maximum absolute atomic E-state index is 10.3. The Morgan fingerprint density at radius 2 is 1.92 bits per heavy atom. The summed E-state index contributed by atoms with van der Waals surface area (Å²) < 4.78 is 5.24. The van der Waals surface area contributed by atoms with E-state index in [1.807, 2.05) is 36.5 Å². The maximum Gasteiger partial charge on any atom is 0.207 e. The smallest absolute Gasteiger partial charge is 0.207 e. The Morgan fingerprint density at radius 3 is 2.60 bits per heavy atom. The average Bonchev–Trinajstić information content (AvgIpc) is 2.69. The summed E-state index contributed by atoms with van der Waals surface area (Å²) in [6.45, 7) is 5.47. The third-order valence-corrected chi connectivity index (χ3v) is 4.52. The highest BCUT2D eigenvalue weighted by Gasteiger charge is 2.19. The Morgan fingerprint density at radius 1 is 1.16 bits per heavy atom. The fourth-order valence-corrected chi connectivity index (χ4v) is 3.12. The van der Waals surface area contributed by atoms with Crippen LogP contribution < -0.4 is 15.0 Å². The molecule has 1 saturated heterocycles. The van der Waals surface area contributed by atoms with E-state index in [1.54, 1.807) is 7.11 Å². The Bertz CT molecular complexity index is 682. The van der Waals surface area contributed by atoms with Crippen LogP contribution in [0.2, 0.25) is 0 Å². The van der Waals surface area contributed by atoms with Gasteiger partial charge in [0.1, 0.15) is 5.75 Å². The van der Waals surface area contributed by atoms with Gasteiger partial charge in [0.05, 0.1) is 18.5 Å². The first-order valence-corrected chi connectivity index (χ1v) is 8.55. The van der Waals surface area contributed by atoms with Crippen molar-refractivity contribution in [1.29, 1.82) is 0 Å². The number of benzene rings is 1. The Kier molecular flexibility index (Phi) is 5.85.